The number of hydrogen-bond acceptors (Lipinski definition) is 4. The fourth-order valence-corrected chi connectivity index (χ4v) is 10.9. The van der Waals surface area contributed by atoms with Crippen LogP contribution in [0.1, 0.15) is 97.1 Å². The smallest absolute Gasteiger partial charge is 0.0998 e. The Morgan fingerprint density at radius 1 is 1.07 bits per heavy atom. The Morgan fingerprint density at radius 3 is 2.28 bits per heavy atom. The molecule has 2 aromatic rings. The fraction of sp³-hybridized carbons (Fsp3) is 0.538. The van der Waals surface area contributed by atoms with Crippen LogP contribution in [0.25, 0.3) is 11.1 Å². The predicted octanol–water partition coefficient (Wildman–Crippen LogP) is 12.1. The Labute approximate surface area is 278 Å². The summed E-state index contributed by atoms with van der Waals surface area (Å²) in [6, 6.07) is 15.9. The molecule has 0 aliphatic heterocycles. The van der Waals surface area contributed by atoms with Gasteiger partial charge >= 0.3 is 0 Å². The molecule has 43 heavy (non-hydrogen) atoms. The van der Waals surface area contributed by atoms with Crippen molar-refractivity contribution in [1.29, 1.82) is 0 Å². The van der Waals surface area contributed by atoms with Crippen molar-refractivity contribution in [3.63, 3.8) is 0 Å². The van der Waals surface area contributed by atoms with Gasteiger partial charge < -0.3 is 4.74 Å². The molecule has 234 valence electrons. The van der Waals surface area contributed by atoms with Gasteiger partial charge in [-0.2, -0.15) is 12.6 Å². The van der Waals surface area contributed by atoms with Gasteiger partial charge in [-0.25, -0.2) is 0 Å². The number of benzene rings is 2. The number of allylic oxidation sites excluding steroid dienone is 3. The Balaban J connectivity index is 1.68. The number of hydrogen-bond donors (Lipinski definition) is 2. The van der Waals surface area contributed by atoms with E-state index in [2.05, 4.69) is 116 Å². The van der Waals surface area contributed by atoms with Crippen LogP contribution in [-0.4, -0.2) is 17.1 Å². The van der Waals surface area contributed by atoms with Gasteiger partial charge in [-0.15, -0.1) is 24.4 Å². The van der Waals surface area contributed by atoms with Crippen LogP contribution in [0.5, 0.6) is 0 Å². The lowest BCUT2D eigenvalue weighted by atomic mass is 9.53. The van der Waals surface area contributed by atoms with Crippen molar-refractivity contribution < 1.29 is 4.74 Å². The summed E-state index contributed by atoms with van der Waals surface area (Å²) < 4.78 is 5.93. The average molecular weight is 635 g/mol. The lowest BCUT2D eigenvalue weighted by Crippen LogP contribution is -2.55. The molecule has 6 unspecified atom stereocenters. The van der Waals surface area contributed by atoms with E-state index in [1.165, 1.54) is 47.1 Å². The van der Waals surface area contributed by atoms with E-state index in [4.69, 9.17) is 17.4 Å². The zero-order valence-electron chi connectivity index (χ0n) is 27.8. The molecule has 0 radical (unpaired) electrons. The number of rotatable bonds is 11. The minimum absolute atomic E-state index is 0.0626. The Bertz CT molecular complexity index is 1340. The Morgan fingerprint density at radius 2 is 1.74 bits per heavy atom. The summed E-state index contributed by atoms with van der Waals surface area (Å²) >= 11 is 12.2. The quantitative estimate of drug-likeness (QED) is 0.145. The van der Waals surface area contributed by atoms with Gasteiger partial charge in [0.15, 0.2) is 0 Å². The van der Waals surface area contributed by atoms with E-state index in [0.29, 0.717) is 23.7 Å². The largest absolute Gasteiger partial charge is 0.496 e. The van der Waals surface area contributed by atoms with Crippen molar-refractivity contribution in [1.82, 2.24) is 0 Å². The molecule has 2 aliphatic rings. The van der Waals surface area contributed by atoms with Gasteiger partial charge in [0.05, 0.1) is 11.9 Å². The lowest BCUT2D eigenvalue weighted by Gasteiger charge is -2.57. The third-order valence-corrected chi connectivity index (χ3v) is 12.9. The monoisotopic (exact) mass is 634 g/mol. The zero-order chi connectivity index (χ0) is 31.7. The van der Waals surface area contributed by atoms with Gasteiger partial charge in [-0.05, 0) is 123 Å². The number of ether oxygens (including phenoxy) is 1. The van der Waals surface area contributed by atoms with Crippen molar-refractivity contribution in [2.24, 2.45) is 23.2 Å². The topological polar surface area (TPSA) is 9.23 Å². The highest BCUT2D eigenvalue weighted by atomic mass is 32.2. The van der Waals surface area contributed by atoms with Crippen LogP contribution in [0.3, 0.4) is 0 Å². The molecule has 0 bridgehead atoms. The second-order valence-electron chi connectivity index (χ2n) is 13.7. The highest BCUT2D eigenvalue weighted by molar-refractivity contribution is 8.02. The lowest BCUT2D eigenvalue weighted by molar-refractivity contribution is -0.0168. The maximum absolute atomic E-state index is 6.21. The van der Waals surface area contributed by atoms with E-state index in [9.17, 15) is 0 Å². The van der Waals surface area contributed by atoms with Gasteiger partial charge in [-0.1, -0.05) is 81.8 Å². The van der Waals surface area contributed by atoms with Gasteiger partial charge in [0.25, 0.3) is 0 Å². The van der Waals surface area contributed by atoms with Crippen LogP contribution in [0.2, 0.25) is 0 Å². The SMILES string of the molecule is C=C(C)OC(C)C1CCC(C)(CC2=C(SC)[C@H](c3ccc(-c4cc(C)cc(S)c4)cc3)CC2CC)C(CC)C1(S)C(=C)C. The molecule has 1 nitrogen and oxygen atoms in total. The van der Waals surface area contributed by atoms with Crippen LogP contribution < -0.4 is 0 Å². The van der Waals surface area contributed by atoms with E-state index in [-0.39, 0.29) is 16.3 Å². The minimum atomic E-state index is -0.283. The third-order valence-electron chi connectivity index (χ3n) is 10.7. The van der Waals surface area contributed by atoms with Gasteiger partial charge in [0.2, 0.25) is 0 Å². The molecule has 2 aliphatic carbocycles. The first-order valence-corrected chi connectivity index (χ1v) is 18.3. The van der Waals surface area contributed by atoms with Gasteiger partial charge in [0, 0.05) is 21.5 Å². The van der Waals surface area contributed by atoms with Crippen LogP contribution in [0.4, 0.5) is 0 Å². The molecule has 0 spiro atoms. The van der Waals surface area contributed by atoms with E-state index in [1.54, 1.807) is 10.5 Å². The average Bonchev–Trinajstić information content (AvgIpc) is 3.28. The first-order chi connectivity index (χ1) is 20.3. The molecule has 2 aromatic carbocycles. The molecule has 1 saturated carbocycles. The maximum atomic E-state index is 6.21. The van der Waals surface area contributed by atoms with Crippen molar-refractivity contribution in [3.8, 4) is 11.1 Å². The minimum Gasteiger partial charge on any atom is -0.496 e. The summed E-state index contributed by atoms with van der Waals surface area (Å²) in [5.41, 5.74) is 8.20. The van der Waals surface area contributed by atoms with Crippen LogP contribution in [-0.2, 0) is 4.74 Å². The fourth-order valence-electron chi connectivity index (χ4n) is 8.73. The van der Waals surface area contributed by atoms with Crippen LogP contribution >= 0.6 is 37.0 Å². The number of thiol groups is 2. The molecule has 1 fully saturated rings. The highest BCUT2D eigenvalue weighted by Gasteiger charge is 2.56. The number of aryl methyl sites for hydroxylation is 1. The summed E-state index contributed by atoms with van der Waals surface area (Å²) in [6.45, 7) is 24.3. The van der Waals surface area contributed by atoms with Gasteiger partial charge in [0.1, 0.15) is 0 Å². The molecule has 0 saturated heterocycles. The molecular weight excluding hydrogens is 581 g/mol. The predicted molar refractivity (Wildman–Crippen MR) is 197 cm³/mol. The maximum Gasteiger partial charge on any atom is 0.0998 e. The summed E-state index contributed by atoms with van der Waals surface area (Å²) in [5.74, 6) is 2.58. The first kappa shape index (κ1) is 34.4. The van der Waals surface area contributed by atoms with Crippen LogP contribution in [0.15, 0.2) is 82.3 Å². The van der Waals surface area contributed by atoms with Crippen molar-refractivity contribution in [2.75, 3.05) is 6.26 Å². The normalized spacial score (nSPS) is 29.9. The molecular formula is C39H54OS3. The Hall–Kier alpha value is -1.49. The molecule has 4 rings (SSSR count). The van der Waals surface area contributed by atoms with Crippen molar-refractivity contribution in [3.05, 3.63) is 88.6 Å². The summed E-state index contributed by atoms with van der Waals surface area (Å²) in [4.78, 5) is 2.62. The van der Waals surface area contributed by atoms with E-state index >= 15 is 0 Å². The summed E-state index contributed by atoms with van der Waals surface area (Å²) in [5, 5.41) is 0. The molecule has 7 atom stereocenters. The molecule has 0 heterocycles. The van der Waals surface area contributed by atoms with Crippen molar-refractivity contribution >= 4 is 37.0 Å². The number of thioether (sulfide) groups is 1. The van der Waals surface area contributed by atoms with Gasteiger partial charge in [-0.3, -0.25) is 0 Å². The molecule has 4 heteroatoms. The standard InChI is InChI=1S/C39H54OS3/c1-11-28-22-33(30-15-13-29(14-16-30)31-19-26(7)20-32(41)21-31)37(43-10)34(28)23-38(9)18-17-35(27(8)40-25(5)6)39(42,24(3)4)36(38)12-2/h13-16,19-21,27-28,33,35-36,41-42H,3,5,11-12,17-18,22-23H2,1-2,4,6-10H3/t27?,28?,33-,35?,36?,38?,39?/m0/s1. The first-order valence-electron chi connectivity index (χ1n) is 16.2. The zero-order valence-corrected chi connectivity index (χ0v) is 30.4. The highest BCUT2D eigenvalue weighted by Crippen LogP contribution is 2.62. The Kier molecular flexibility index (Phi) is 11.1. The third kappa shape index (κ3) is 6.87. The molecule has 0 N–H and O–H groups in total. The van der Waals surface area contributed by atoms with E-state index < -0.39 is 0 Å². The molecule has 0 aromatic heterocycles. The van der Waals surface area contributed by atoms with Crippen LogP contribution in [0, 0.1) is 30.1 Å². The second kappa shape index (κ2) is 13.9. The van der Waals surface area contributed by atoms with E-state index in [0.717, 1.165) is 29.9 Å². The summed E-state index contributed by atoms with van der Waals surface area (Å²) in [7, 11) is 0. The molecule has 0 amide bonds. The van der Waals surface area contributed by atoms with E-state index in [1.807, 2.05) is 18.7 Å². The summed E-state index contributed by atoms with van der Waals surface area (Å²) in [6.07, 6.45) is 9.24. The second-order valence-corrected chi connectivity index (χ2v) is 15.8. The van der Waals surface area contributed by atoms with Crippen molar-refractivity contribution in [2.45, 2.75) is 109 Å².